The first kappa shape index (κ1) is 16.7. The molecule has 1 aliphatic carbocycles. The van der Waals surface area contributed by atoms with E-state index in [4.69, 9.17) is 4.42 Å². The summed E-state index contributed by atoms with van der Waals surface area (Å²) < 4.78 is 8.42. The second kappa shape index (κ2) is 6.33. The van der Waals surface area contributed by atoms with Gasteiger partial charge in [0.25, 0.3) is 5.56 Å². The van der Waals surface area contributed by atoms with E-state index in [1.807, 2.05) is 24.0 Å². The molecular formula is C20H19N5O3. The Labute approximate surface area is 160 Å². The molecule has 0 unspecified atom stereocenters. The Morgan fingerprint density at radius 2 is 2.04 bits per heavy atom. The first-order valence-corrected chi connectivity index (χ1v) is 9.26. The van der Waals surface area contributed by atoms with E-state index in [2.05, 4.69) is 10.1 Å². The smallest absolute Gasteiger partial charge is 0.291 e. The summed E-state index contributed by atoms with van der Waals surface area (Å²) >= 11 is 0. The molecule has 1 amide bonds. The number of nitrogens with zero attached hydrogens (tertiary/aromatic N) is 5. The minimum atomic E-state index is -0.301. The molecule has 0 aromatic carbocycles. The summed E-state index contributed by atoms with van der Waals surface area (Å²) in [6.07, 6.45) is 7.00. The Balaban J connectivity index is 1.47. The van der Waals surface area contributed by atoms with Crippen LogP contribution in [-0.4, -0.2) is 36.0 Å². The van der Waals surface area contributed by atoms with Crippen LogP contribution in [0.15, 0.2) is 52.1 Å². The molecule has 8 heteroatoms. The maximum absolute atomic E-state index is 13.0. The molecule has 142 valence electrons. The molecule has 5 rings (SSSR count). The second-order valence-corrected chi connectivity index (χ2v) is 7.15. The highest BCUT2D eigenvalue weighted by Crippen LogP contribution is 2.28. The summed E-state index contributed by atoms with van der Waals surface area (Å²) in [5.41, 5.74) is 2.61. The summed E-state index contributed by atoms with van der Waals surface area (Å²) in [5.74, 6) is 0.527. The molecular weight excluding hydrogens is 358 g/mol. The third-order valence-corrected chi connectivity index (χ3v) is 5.16. The predicted octanol–water partition coefficient (Wildman–Crippen LogP) is 2.14. The maximum atomic E-state index is 13.0. The molecule has 0 saturated heterocycles. The zero-order valence-corrected chi connectivity index (χ0v) is 15.4. The predicted molar refractivity (Wildman–Crippen MR) is 102 cm³/mol. The number of amides is 1. The molecule has 8 nitrogen and oxygen atoms in total. The second-order valence-electron chi connectivity index (χ2n) is 7.15. The minimum absolute atomic E-state index is 0.0791. The van der Waals surface area contributed by atoms with E-state index in [1.54, 1.807) is 35.2 Å². The van der Waals surface area contributed by atoms with E-state index in [1.165, 1.54) is 4.68 Å². The molecule has 4 aromatic rings. The van der Waals surface area contributed by atoms with Crippen LogP contribution in [0.5, 0.6) is 0 Å². The Morgan fingerprint density at radius 3 is 2.79 bits per heavy atom. The van der Waals surface area contributed by atoms with Gasteiger partial charge >= 0.3 is 0 Å². The lowest BCUT2D eigenvalue weighted by Crippen LogP contribution is -2.39. The standard InChI is InChI=1S/C20H19N5O3/c1-13-22-24(20(27)17-10-18-16(25(13)17)6-9-28-18)12-19(26)23(15-2-3-15)11-14-4-7-21-8-5-14/h4-10,15H,2-3,11-12H2,1H3. The van der Waals surface area contributed by atoms with Gasteiger partial charge in [0.15, 0.2) is 5.58 Å². The Hall–Kier alpha value is -3.42. The van der Waals surface area contributed by atoms with Crippen LogP contribution in [0.2, 0.25) is 0 Å². The van der Waals surface area contributed by atoms with Crippen LogP contribution < -0.4 is 5.56 Å². The molecule has 4 heterocycles. The minimum Gasteiger partial charge on any atom is -0.463 e. The van der Waals surface area contributed by atoms with E-state index in [0.29, 0.717) is 23.5 Å². The van der Waals surface area contributed by atoms with Crippen LogP contribution in [0, 0.1) is 6.92 Å². The Bertz CT molecular complexity index is 1230. The number of aryl methyl sites for hydroxylation is 1. The molecule has 0 N–H and O–H groups in total. The number of hydrogen-bond acceptors (Lipinski definition) is 5. The van der Waals surface area contributed by atoms with E-state index >= 15 is 0 Å². The Kier molecular flexibility index (Phi) is 3.78. The third-order valence-electron chi connectivity index (χ3n) is 5.16. The zero-order chi connectivity index (χ0) is 19.3. The van der Waals surface area contributed by atoms with Crippen molar-refractivity contribution >= 4 is 22.5 Å². The highest BCUT2D eigenvalue weighted by molar-refractivity contribution is 5.82. The fraction of sp³-hybridized carbons (Fsp3) is 0.300. The molecule has 0 aliphatic heterocycles. The summed E-state index contributed by atoms with van der Waals surface area (Å²) in [4.78, 5) is 31.8. The highest BCUT2D eigenvalue weighted by Gasteiger charge is 2.33. The molecule has 0 bridgehead atoms. The van der Waals surface area contributed by atoms with Crippen molar-refractivity contribution < 1.29 is 9.21 Å². The van der Waals surface area contributed by atoms with Gasteiger partial charge in [0.05, 0.1) is 11.8 Å². The summed E-state index contributed by atoms with van der Waals surface area (Å²) in [7, 11) is 0. The first-order valence-electron chi connectivity index (χ1n) is 9.26. The van der Waals surface area contributed by atoms with Crippen LogP contribution in [0.25, 0.3) is 16.6 Å². The lowest BCUT2D eigenvalue weighted by Gasteiger charge is -2.23. The van der Waals surface area contributed by atoms with Crippen LogP contribution in [0.1, 0.15) is 24.2 Å². The molecule has 1 aliphatic rings. The van der Waals surface area contributed by atoms with Gasteiger partial charge in [-0.15, -0.1) is 0 Å². The van der Waals surface area contributed by atoms with Crippen molar-refractivity contribution in [3.63, 3.8) is 0 Å². The molecule has 4 aromatic heterocycles. The number of rotatable bonds is 5. The van der Waals surface area contributed by atoms with Gasteiger partial charge < -0.3 is 9.32 Å². The summed E-state index contributed by atoms with van der Waals surface area (Å²) in [6, 6.07) is 7.54. The lowest BCUT2D eigenvalue weighted by molar-refractivity contribution is -0.133. The van der Waals surface area contributed by atoms with Gasteiger partial charge in [-0.25, -0.2) is 4.68 Å². The fourth-order valence-electron chi connectivity index (χ4n) is 3.65. The monoisotopic (exact) mass is 377 g/mol. The molecule has 28 heavy (non-hydrogen) atoms. The van der Waals surface area contributed by atoms with Crippen molar-refractivity contribution in [2.75, 3.05) is 0 Å². The van der Waals surface area contributed by atoms with Crippen molar-refractivity contribution in [3.8, 4) is 0 Å². The molecule has 1 fully saturated rings. The molecule has 1 saturated carbocycles. The quantitative estimate of drug-likeness (QED) is 0.532. The van der Waals surface area contributed by atoms with Crippen LogP contribution in [0.3, 0.4) is 0 Å². The fourth-order valence-corrected chi connectivity index (χ4v) is 3.65. The van der Waals surface area contributed by atoms with Crippen molar-refractivity contribution in [2.45, 2.75) is 38.9 Å². The van der Waals surface area contributed by atoms with Gasteiger partial charge in [0.2, 0.25) is 5.91 Å². The first-order chi connectivity index (χ1) is 13.6. The number of carbonyl (C=O) groups excluding carboxylic acids is 1. The van der Waals surface area contributed by atoms with Crippen molar-refractivity contribution in [1.29, 1.82) is 0 Å². The molecule has 0 radical (unpaired) electrons. The van der Waals surface area contributed by atoms with Crippen molar-refractivity contribution in [3.05, 3.63) is 64.7 Å². The van der Waals surface area contributed by atoms with Gasteiger partial charge in [0.1, 0.15) is 17.9 Å². The van der Waals surface area contributed by atoms with Gasteiger partial charge in [-0.1, -0.05) is 0 Å². The summed E-state index contributed by atoms with van der Waals surface area (Å²) in [6.45, 7) is 2.25. The largest absolute Gasteiger partial charge is 0.463 e. The number of fused-ring (bicyclic) bond motifs is 3. The third kappa shape index (κ3) is 2.77. The average Bonchev–Trinajstić information content (AvgIpc) is 3.31. The maximum Gasteiger partial charge on any atom is 0.291 e. The number of aromatic nitrogens is 4. The number of carbonyl (C=O) groups is 1. The van der Waals surface area contributed by atoms with Crippen LogP contribution >= 0.6 is 0 Å². The van der Waals surface area contributed by atoms with Gasteiger partial charge in [-0.3, -0.25) is 19.0 Å². The normalized spacial score (nSPS) is 14.0. The van der Waals surface area contributed by atoms with Gasteiger partial charge in [-0.05, 0) is 37.5 Å². The van der Waals surface area contributed by atoms with E-state index in [9.17, 15) is 9.59 Å². The molecule has 0 atom stereocenters. The SMILES string of the molecule is Cc1nn(CC(=O)N(Cc2ccncc2)C2CC2)c(=O)c2cc3occc3n12. The van der Waals surface area contributed by atoms with E-state index < -0.39 is 0 Å². The average molecular weight is 377 g/mol. The number of hydrogen-bond donors (Lipinski definition) is 0. The number of pyridine rings is 1. The highest BCUT2D eigenvalue weighted by atomic mass is 16.3. The Morgan fingerprint density at radius 1 is 1.25 bits per heavy atom. The van der Waals surface area contributed by atoms with Crippen LogP contribution in [-0.2, 0) is 17.9 Å². The molecule has 0 spiro atoms. The van der Waals surface area contributed by atoms with Gasteiger partial charge in [-0.2, -0.15) is 5.10 Å². The van der Waals surface area contributed by atoms with Gasteiger partial charge in [0, 0.05) is 37.1 Å². The lowest BCUT2D eigenvalue weighted by atomic mass is 10.2. The van der Waals surface area contributed by atoms with Crippen molar-refractivity contribution in [1.82, 2.24) is 24.1 Å². The topological polar surface area (TPSA) is 85.6 Å². The van der Waals surface area contributed by atoms with Crippen molar-refractivity contribution in [2.24, 2.45) is 0 Å². The van der Waals surface area contributed by atoms with E-state index in [0.717, 1.165) is 23.9 Å². The number of furan rings is 1. The zero-order valence-electron chi connectivity index (χ0n) is 15.4. The van der Waals surface area contributed by atoms with Crippen LogP contribution in [0.4, 0.5) is 0 Å². The summed E-state index contributed by atoms with van der Waals surface area (Å²) in [5, 5.41) is 4.38. The van der Waals surface area contributed by atoms with E-state index in [-0.39, 0.29) is 24.1 Å².